The number of nitrogens with zero attached hydrogens (tertiary/aromatic N) is 5. The van der Waals surface area contributed by atoms with Crippen LogP contribution >= 0.6 is 0 Å². The molecule has 1 aromatic heterocycles. The lowest BCUT2D eigenvalue weighted by atomic mass is 10.1. The molecule has 1 aromatic rings. The molecular weight excluding hydrogens is 276 g/mol. The van der Waals surface area contributed by atoms with Crippen molar-refractivity contribution in [2.24, 2.45) is 0 Å². The average Bonchev–Trinajstić information content (AvgIpc) is 2.84. The number of hydrogen-bond acceptors (Lipinski definition) is 6. The van der Waals surface area contributed by atoms with Crippen molar-refractivity contribution in [1.29, 1.82) is 5.26 Å². The average molecular weight is 300 g/mol. The number of nitrogens with one attached hydrogen (secondary N) is 1. The maximum absolute atomic E-state index is 9.19. The van der Waals surface area contributed by atoms with Gasteiger partial charge in [0.25, 0.3) is 0 Å². The Hall–Kier alpha value is -1.90. The van der Waals surface area contributed by atoms with Crippen LogP contribution in [0.3, 0.4) is 0 Å². The van der Waals surface area contributed by atoms with Crippen LogP contribution in [-0.2, 0) is 0 Å². The molecule has 0 radical (unpaired) electrons. The van der Waals surface area contributed by atoms with Gasteiger partial charge in [-0.05, 0) is 32.1 Å². The Morgan fingerprint density at radius 1 is 0.909 bits per heavy atom. The molecule has 1 saturated heterocycles. The summed E-state index contributed by atoms with van der Waals surface area (Å²) in [5, 5.41) is 12.6. The lowest BCUT2D eigenvalue weighted by Crippen LogP contribution is -2.32. The zero-order valence-corrected chi connectivity index (χ0v) is 13.1. The van der Waals surface area contributed by atoms with Gasteiger partial charge in [-0.1, -0.05) is 25.7 Å². The van der Waals surface area contributed by atoms with Crippen molar-refractivity contribution >= 4 is 11.9 Å². The smallest absolute Gasteiger partial charge is 0.238 e. The van der Waals surface area contributed by atoms with Gasteiger partial charge >= 0.3 is 0 Å². The molecule has 6 heteroatoms. The van der Waals surface area contributed by atoms with Gasteiger partial charge in [0, 0.05) is 19.1 Å². The lowest BCUT2D eigenvalue weighted by molar-refractivity contribution is 0.566. The van der Waals surface area contributed by atoms with Gasteiger partial charge in [0.05, 0.1) is 0 Å². The van der Waals surface area contributed by atoms with E-state index in [1.807, 2.05) is 0 Å². The van der Waals surface area contributed by atoms with Crippen LogP contribution in [0.1, 0.15) is 63.6 Å². The topological polar surface area (TPSA) is 77.7 Å². The summed E-state index contributed by atoms with van der Waals surface area (Å²) in [6.07, 6.45) is 11.1. The highest BCUT2D eigenvalue weighted by molar-refractivity contribution is 5.40. The summed E-state index contributed by atoms with van der Waals surface area (Å²) >= 11 is 0. The predicted molar refractivity (Wildman–Crippen MR) is 85.7 cm³/mol. The maximum Gasteiger partial charge on any atom is 0.238 e. The first-order valence-corrected chi connectivity index (χ1v) is 8.53. The number of piperidine rings is 1. The third kappa shape index (κ3) is 3.85. The molecular formula is C16H24N6. The Morgan fingerprint density at radius 3 is 2.27 bits per heavy atom. The molecule has 0 aromatic carbocycles. The molecule has 0 bridgehead atoms. The van der Waals surface area contributed by atoms with Gasteiger partial charge in [-0.2, -0.15) is 20.2 Å². The molecule has 118 valence electrons. The standard InChI is InChI=1S/C16H24N6/c17-12-14-19-15(18-13-8-4-1-2-5-9-13)21-16(20-14)22-10-6-3-7-11-22/h13H,1-11H2,(H,18,19,20,21). The van der Waals surface area contributed by atoms with E-state index in [-0.39, 0.29) is 5.82 Å². The van der Waals surface area contributed by atoms with Crippen molar-refractivity contribution in [2.45, 2.75) is 63.8 Å². The van der Waals surface area contributed by atoms with Crippen molar-refractivity contribution in [2.75, 3.05) is 23.3 Å². The number of anilines is 2. The first-order valence-electron chi connectivity index (χ1n) is 8.53. The van der Waals surface area contributed by atoms with Gasteiger partial charge in [-0.25, -0.2) is 0 Å². The van der Waals surface area contributed by atoms with E-state index in [0.29, 0.717) is 17.9 Å². The fourth-order valence-corrected chi connectivity index (χ4v) is 3.32. The van der Waals surface area contributed by atoms with Gasteiger partial charge in [0.15, 0.2) is 0 Å². The normalized spacial score (nSPS) is 20.2. The highest BCUT2D eigenvalue weighted by Crippen LogP contribution is 2.21. The molecule has 3 rings (SSSR count). The largest absolute Gasteiger partial charge is 0.351 e. The molecule has 0 amide bonds. The minimum absolute atomic E-state index is 0.215. The number of hydrogen-bond donors (Lipinski definition) is 1. The van der Waals surface area contributed by atoms with Crippen LogP contribution in [0.4, 0.5) is 11.9 Å². The van der Waals surface area contributed by atoms with Gasteiger partial charge in [0.1, 0.15) is 6.07 Å². The maximum atomic E-state index is 9.19. The molecule has 2 heterocycles. The summed E-state index contributed by atoms with van der Waals surface area (Å²) in [4.78, 5) is 15.3. The molecule has 1 saturated carbocycles. The van der Waals surface area contributed by atoms with Crippen LogP contribution in [0, 0.1) is 11.3 Å². The molecule has 1 aliphatic heterocycles. The van der Waals surface area contributed by atoms with Gasteiger partial charge in [-0.3, -0.25) is 0 Å². The van der Waals surface area contributed by atoms with E-state index >= 15 is 0 Å². The van der Waals surface area contributed by atoms with Crippen molar-refractivity contribution in [1.82, 2.24) is 15.0 Å². The minimum Gasteiger partial charge on any atom is -0.351 e. The van der Waals surface area contributed by atoms with Crippen LogP contribution in [0.25, 0.3) is 0 Å². The fraction of sp³-hybridized carbons (Fsp3) is 0.750. The Labute approximate surface area is 132 Å². The highest BCUT2D eigenvalue weighted by atomic mass is 15.3. The summed E-state index contributed by atoms with van der Waals surface area (Å²) in [7, 11) is 0. The van der Waals surface area contributed by atoms with Crippen molar-refractivity contribution in [3.63, 3.8) is 0 Å². The van der Waals surface area contributed by atoms with Crippen LogP contribution in [-0.4, -0.2) is 34.1 Å². The second kappa shape index (κ2) is 7.39. The molecule has 2 fully saturated rings. The summed E-state index contributed by atoms with van der Waals surface area (Å²) in [6, 6.07) is 2.49. The summed E-state index contributed by atoms with van der Waals surface area (Å²) < 4.78 is 0. The summed E-state index contributed by atoms with van der Waals surface area (Å²) in [6.45, 7) is 1.94. The molecule has 1 aliphatic carbocycles. The van der Waals surface area contributed by atoms with Crippen LogP contribution in [0.15, 0.2) is 0 Å². The van der Waals surface area contributed by atoms with E-state index < -0.39 is 0 Å². The Kier molecular flexibility index (Phi) is 5.04. The van der Waals surface area contributed by atoms with E-state index in [2.05, 4.69) is 31.2 Å². The molecule has 6 nitrogen and oxygen atoms in total. The van der Waals surface area contributed by atoms with Crippen molar-refractivity contribution in [3.8, 4) is 6.07 Å². The van der Waals surface area contributed by atoms with Crippen LogP contribution in [0.2, 0.25) is 0 Å². The van der Waals surface area contributed by atoms with Crippen LogP contribution in [0.5, 0.6) is 0 Å². The molecule has 22 heavy (non-hydrogen) atoms. The second-order valence-electron chi connectivity index (χ2n) is 6.27. The fourth-order valence-electron chi connectivity index (χ4n) is 3.32. The Balaban J connectivity index is 1.76. The Morgan fingerprint density at radius 2 is 1.59 bits per heavy atom. The third-order valence-corrected chi connectivity index (χ3v) is 4.55. The van der Waals surface area contributed by atoms with Gasteiger partial charge in [-0.15, -0.1) is 0 Å². The van der Waals surface area contributed by atoms with E-state index in [1.165, 1.54) is 44.9 Å². The lowest BCUT2D eigenvalue weighted by Gasteiger charge is -2.27. The highest BCUT2D eigenvalue weighted by Gasteiger charge is 2.18. The van der Waals surface area contributed by atoms with Crippen LogP contribution < -0.4 is 10.2 Å². The van der Waals surface area contributed by atoms with Gasteiger partial charge in [0.2, 0.25) is 17.7 Å². The first-order chi connectivity index (χ1) is 10.8. The van der Waals surface area contributed by atoms with E-state index in [0.717, 1.165) is 25.9 Å². The van der Waals surface area contributed by atoms with Crippen molar-refractivity contribution < 1.29 is 0 Å². The summed E-state index contributed by atoms with van der Waals surface area (Å²) in [5.74, 6) is 1.44. The molecule has 2 aliphatic rings. The molecule has 0 spiro atoms. The molecule has 1 N–H and O–H groups in total. The van der Waals surface area contributed by atoms with E-state index in [9.17, 15) is 5.26 Å². The Bertz CT molecular complexity index is 524. The van der Waals surface area contributed by atoms with E-state index in [4.69, 9.17) is 0 Å². The number of nitriles is 1. The first kappa shape index (κ1) is 15.0. The summed E-state index contributed by atoms with van der Waals surface area (Å²) in [5.41, 5.74) is 0. The number of aromatic nitrogens is 3. The van der Waals surface area contributed by atoms with Crippen molar-refractivity contribution in [3.05, 3.63) is 5.82 Å². The monoisotopic (exact) mass is 300 g/mol. The zero-order valence-electron chi connectivity index (χ0n) is 13.1. The van der Waals surface area contributed by atoms with E-state index in [1.54, 1.807) is 0 Å². The SMILES string of the molecule is N#Cc1nc(NC2CCCCCC2)nc(N2CCCCC2)n1. The third-order valence-electron chi connectivity index (χ3n) is 4.55. The number of rotatable bonds is 3. The van der Waals surface area contributed by atoms with Gasteiger partial charge < -0.3 is 10.2 Å². The molecule has 0 unspecified atom stereocenters. The second-order valence-corrected chi connectivity index (χ2v) is 6.27. The molecule has 0 atom stereocenters. The quantitative estimate of drug-likeness (QED) is 0.865. The zero-order chi connectivity index (χ0) is 15.2. The minimum atomic E-state index is 0.215. The predicted octanol–water partition coefficient (Wildman–Crippen LogP) is 2.87.